The van der Waals surface area contributed by atoms with Crippen molar-refractivity contribution in [3.8, 4) is 11.4 Å². The minimum atomic E-state index is -1.02. The highest BCUT2D eigenvalue weighted by Gasteiger charge is 2.42. The van der Waals surface area contributed by atoms with Crippen LogP contribution in [0.5, 0.6) is 0 Å². The first kappa shape index (κ1) is 16.0. The number of ketones is 1. The van der Waals surface area contributed by atoms with Crippen molar-refractivity contribution in [1.29, 1.82) is 0 Å². The summed E-state index contributed by atoms with van der Waals surface area (Å²) in [6.07, 6.45) is 0.703. The van der Waals surface area contributed by atoms with Gasteiger partial charge in [0.25, 0.3) is 0 Å². The van der Waals surface area contributed by atoms with Gasteiger partial charge in [-0.3, -0.25) is 14.7 Å². The molecule has 1 aliphatic heterocycles. The van der Waals surface area contributed by atoms with Crippen molar-refractivity contribution in [2.24, 2.45) is 0 Å². The molecule has 0 amide bonds. The minimum absolute atomic E-state index is 0.141. The molecule has 8 heteroatoms. The number of thioether (sulfide) groups is 1. The lowest BCUT2D eigenvalue weighted by Crippen LogP contribution is -2.36. The minimum Gasteiger partial charge on any atom is -0.451 e. The van der Waals surface area contributed by atoms with E-state index in [0.717, 1.165) is 5.56 Å². The molecule has 1 aromatic carbocycles. The van der Waals surface area contributed by atoms with Gasteiger partial charge in [-0.05, 0) is 19.1 Å². The van der Waals surface area contributed by atoms with Gasteiger partial charge in [0.05, 0.1) is 10.8 Å². The third kappa shape index (κ3) is 3.40. The molecule has 0 radical (unpaired) electrons. The van der Waals surface area contributed by atoms with Crippen LogP contribution in [0.3, 0.4) is 0 Å². The zero-order chi connectivity index (χ0) is 16.4. The molecule has 0 saturated carbocycles. The number of cyclic esters (lactones) is 1. The molecule has 0 bridgehead atoms. The van der Waals surface area contributed by atoms with E-state index in [1.165, 1.54) is 11.8 Å². The lowest BCUT2D eigenvalue weighted by atomic mass is 9.98. The molecule has 23 heavy (non-hydrogen) atoms. The maximum Gasteiger partial charge on any atom is 0.306 e. The van der Waals surface area contributed by atoms with Crippen LogP contribution in [-0.2, 0) is 14.3 Å². The van der Waals surface area contributed by atoms with E-state index in [0.29, 0.717) is 22.4 Å². The number of hydrogen-bond acceptors (Lipinski definition) is 6. The van der Waals surface area contributed by atoms with Gasteiger partial charge in [0.1, 0.15) is 0 Å². The molecule has 120 valence electrons. The first-order chi connectivity index (χ1) is 11.0. The molecule has 0 unspecified atom stereocenters. The van der Waals surface area contributed by atoms with E-state index in [4.69, 9.17) is 16.3 Å². The number of aromatic amines is 1. The highest BCUT2D eigenvalue weighted by atomic mass is 35.5. The number of nitrogens with zero attached hydrogens (tertiary/aromatic N) is 2. The summed E-state index contributed by atoms with van der Waals surface area (Å²) in [5.74, 6) is 0.218. The number of aromatic nitrogens is 3. The number of nitrogens with one attached hydrogen (secondary N) is 1. The van der Waals surface area contributed by atoms with Crippen LogP contribution in [-0.4, -0.2) is 38.3 Å². The summed E-state index contributed by atoms with van der Waals surface area (Å²) in [5.41, 5.74) is -0.275. The van der Waals surface area contributed by atoms with Gasteiger partial charge in [0.15, 0.2) is 17.2 Å². The number of rotatable bonds is 5. The summed E-state index contributed by atoms with van der Waals surface area (Å²) in [4.78, 5) is 27.8. The first-order valence-corrected chi connectivity index (χ1v) is 8.39. The number of benzene rings is 1. The Bertz CT molecular complexity index is 764. The van der Waals surface area contributed by atoms with Gasteiger partial charge in [-0.2, -0.15) is 0 Å². The van der Waals surface area contributed by atoms with Crippen molar-refractivity contribution in [3.63, 3.8) is 0 Å². The third-order valence-corrected chi connectivity index (χ3v) is 4.84. The van der Waals surface area contributed by atoms with Crippen molar-refractivity contribution >= 4 is 35.1 Å². The molecule has 3 rings (SSSR count). The van der Waals surface area contributed by atoms with Crippen molar-refractivity contribution in [2.75, 3.05) is 5.75 Å². The fourth-order valence-electron chi connectivity index (χ4n) is 2.26. The molecular formula is C15H14ClN3O3S. The summed E-state index contributed by atoms with van der Waals surface area (Å²) < 4.78 is 5.12. The number of esters is 1. The molecular weight excluding hydrogens is 338 g/mol. The Morgan fingerprint density at radius 1 is 1.48 bits per heavy atom. The standard InChI is InChI=1S/C15H14ClN3O3S/c1-15(7-6-12(21)22-15)11(20)8-23-14-17-13(18-19-14)9-4-2-3-5-10(9)16/h2-5H,6-8H2,1H3,(H,17,18,19)/t15-/m0/s1. The van der Waals surface area contributed by atoms with Crippen LogP contribution >= 0.6 is 23.4 Å². The van der Waals surface area contributed by atoms with E-state index in [9.17, 15) is 9.59 Å². The topological polar surface area (TPSA) is 84.9 Å². The van der Waals surface area contributed by atoms with Crippen molar-refractivity contribution in [1.82, 2.24) is 15.2 Å². The fraction of sp³-hybridized carbons (Fsp3) is 0.333. The smallest absolute Gasteiger partial charge is 0.306 e. The van der Waals surface area contributed by atoms with E-state index in [2.05, 4.69) is 15.2 Å². The Morgan fingerprint density at radius 3 is 2.96 bits per heavy atom. The summed E-state index contributed by atoms with van der Waals surface area (Å²) in [6.45, 7) is 1.65. The maximum atomic E-state index is 12.2. The zero-order valence-corrected chi connectivity index (χ0v) is 13.9. The summed E-state index contributed by atoms with van der Waals surface area (Å²) in [7, 11) is 0. The molecule has 1 saturated heterocycles. The van der Waals surface area contributed by atoms with Gasteiger partial charge in [0.2, 0.25) is 5.16 Å². The molecule has 6 nitrogen and oxygen atoms in total. The average Bonchev–Trinajstić information content (AvgIpc) is 3.13. The predicted octanol–water partition coefficient (Wildman–Crippen LogP) is 2.88. The molecule has 2 heterocycles. The Labute approximate surface area is 142 Å². The summed E-state index contributed by atoms with van der Waals surface area (Å²) in [6, 6.07) is 7.29. The SMILES string of the molecule is C[C@@]1(C(=O)CSc2n[nH]c(-c3ccccc3Cl)n2)CCC(=O)O1. The van der Waals surface area contributed by atoms with Crippen molar-refractivity contribution < 1.29 is 14.3 Å². The zero-order valence-electron chi connectivity index (χ0n) is 12.3. The average molecular weight is 352 g/mol. The molecule has 0 aliphatic carbocycles. The molecule has 2 aromatic rings. The third-order valence-electron chi connectivity index (χ3n) is 3.66. The Balaban J connectivity index is 1.65. The normalized spacial score (nSPS) is 20.5. The summed E-state index contributed by atoms with van der Waals surface area (Å²) in [5, 5.41) is 7.90. The second kappa shape index (κ2) is 6.33. The number of halogens is 1. The number of ether oxygens (including phenoxy) is 1. The van der Waals surface area contributed by atoms with Gasteiger partial charge in [-0.15, -0.1) is 5.10 Å². The number of carbonyl (C=O) groups is 2. The molecule has 1 atom stereocenters. The van der Waals surface area contributed by atoms with Crippen LogP contribution in [0.2, 0.25) is 5.02 Å². The summed E-state index contributed by atoms with van der Waals surface area (Å²) >= 11 is 7.32. The van der Waals surface area contributed by atoms with E-state index in [-0.39, 0.29) is 23.9 Å². The maximum absolute atomic E-state index is 12.2. The highest BCUT2D eigenvalue weighted by molar-refractivity contribution is 7.99. The number of H-pyrrole nitrogens is 1. The second-order valence-electron chi connectivity index (χ2n) is 5.36. The van der Waals surface area contributed by atoms with E-state index in [1.807, 2.05) is 18.2 Å². The lowest BCUT2D eigenvalue weighted by Gasteiger charge is -2.19. The van der Waals surface area contributed by atoms with Gasteiger partial charge < -0.3 is 4.74 Å². The lowest BCUT2D eigenvalue weighted by molar-refractivity contribution is -0.154. The molecule has 1 fully saturated rings. The molecule has 1 aliphatic rings. The monoisotopic (exact) mass is 351 g/mol. The van der Waals surface area contributed by atoms with Gasteiger partial charge in [-0.25, -0.2) is 4.98 Å². The first-order valence-electron chi connectivity index (χ1n) is 7.03. The van der Waals surface area contributed by atoms with Crippen molar-refractivity contribution in [3.05, 3.63) is 29.3 Å². The second-order valence-corrected chi connectivity index (χ2v) is 6.71. The Kier molecular flexibility index (Phi) is 4.41. The number of Topliss-reactive ketones (excluding diaryl/α,β-unsaturated/α-hetero) is 1. The van der Waals surface area contributed by atoms with E-state index >= 15 is 0 Å². The van der Waals surface area contributed by atoms with Crippen LogP contribution in [0, 0.1) is 0 Å². The fourth-order valence-corrected chi connectivity index (χ4v) is 3.31. The quantitative estimate of drug-likeness (QED) is 0.658. The van der Waals surface area contributed by atoms with Crippen LogP contribution < -0.4 is 0 Å². The van der Waals surface area contributed by atoms with Gasteiger partial charge in [-0.1, -0.05) is 35.5 Å². The Hall–Kier alpha value is -1.86. The van der Waals surface area contributed by atoms with Crippen LogP contribution in [0.1, 0.15) is 19.8 Å². The molecule has 0 spiro atoms. The number of hydrogen-bond donors (Lipinski definition) is 1. The Morgan fingerprint density at radius 2 is 2.26 bits per heavy atom. The van der Waals surface area contributed by atoms with Crippen LogP contribution in [0.25, 0.3) is 11.4 Å². The number of carbonyl (C=O) groups excluding carboxylic acids is 2. The van der Waals surface area contributed by atoms with Crippen LogP contribution in [0.15, 0.2) is 29.4 Å². The van der Waals surface area contributed by atoms with E-state index in [1.54, 1.807) is 13.0 Å². The molecule has 1 N–H and O–H groups in total. The van der Waals surface area contributed by atoms with Gasteiger partial charge in [0, 0.05) is 18.4 Å². The van der Waals surface area contributed by atoms with Crippen molar-refractivity contribution in [2.45, 2.75) is 30.5 Å². The van der Waals surface area contributed by atoms with Crippen LogP contribution in [0.4, 0.5) is 0 Å². The van der Waals surface area contributed by atoms with Gasteiger partial charge >= 0.3 is 5.97 Å². The largest absolute Gasteiger partial charge is 0.451 e. The predicted molar refractivity (Wildman–Crippen MR) is 86.3 cm³/mol. The highest BCUT2D eigenvalue weighted by Crippen LogP contribution is 2.30. The molecule has 1 aromatic heterocycles. The van der Waals surface area contributed by atoms with E-state index < -0.39 is 5.60 Å².